The summed E-state index contributed by atoms with van der Waals surface area (Å²) in [5.41, 5.74) is 10.3. The third kappa shape index (κ3) is 10.3. The molecule has 13 nitrogen and oxygen atoms in total. The van der Waals surface area contributed by atoms with Crippen molar-refractivity contribution in [1.29, 1.82) is 0 Å². The van der Waals surface area contributed by atoms with Crippen molar-refractivity contribution in [2.45, 2.75) is 50.4 Å². The number of thiol groups is 1. The fraction of sp³-hybridized carbons (Fsp3) is 0.600. The van der Waals surface area contributed by atoms with E-state index in [2.05, 4.69) is 28.6 Å². The van der Waals surface area contributed by atoms with Crippen molar-refractivity contribution in [2.75, 3.05) is 5.75 Å². The van der Waals surface area contributed by atoms with Crippen LogP contribution in [0.3, 0.4) is 0 Å². The molecule has 0 aromatic carbocycles. The molecule has 0 bridgehead atoms. The quantitative estimate of drug-likeness (QED) is 0.134. The summed E-state index contributed by atoms with van der Waals surface area (Å²) in [6.07, 6.45) is -1.14. The van der Waals surface area contributed by atoms with Crippen LogP contribution in [0.4, 0.5) is 0 Å². The Hall–Kier alpha value is -2.87. The maximum absolute atomic E-state index is 12.2. The van der Waals surface area contributed by atoms with E-state index in [9.17, 15) is 28.8 Å². The van der Waals surface area contributed by atoms with E-state index >= 15 is 0 Å². The van der Waals surface area contributed by atoms with Crippen LogP contribution in [0.2, 0.25) is 0 Å². The Morgan fingerprint density at radius 2 is 1.48 bits per heavy atom. The summed E-state index contributed by atoms with van der Waals surface area (Å²) < 4.78 is 0. The lowest BCUT2D eigenvalue weighted by Gasteiger charge is -2.22. The molecular weight excluding hydrogens is 410 g/mol. The average molecular weight is 435 g/mol. The summed E-state index contributed by atoms with van der Waals surface area (Å²) in [7, 11) is 0. The standard InChI is InChI=1S/C15H25N5O8S/c1-6(18-13(25)7(16)4-11(22)23)12(24)20-9(5-29)14(26)19-8(15(27)28)2-3-10(17)21/h6-9,29H,2-5,16H2,1H3,(H2,17,21)(H,18,25)(H,19,26)(H,20,24)(H,22,23)(H,27,28). The number of carboxylic acid groups (broad SMARTS) is 2. The maximum atomic E-state index is 12.2. The van der Waals surface area contributed by atoms with Gasteiger partial charge in [0.05, 0.1) is 12.5 Å². The van der Waals surface area contributed by atoms with Crippen LogP contribution in [0, 0.1) is 0 Å². The molecule has 0 spiro atoms. The van der Waals surface area contributed by atoms with E-state index < -0.39 is 66.2 Å². The van der Waals surface area contributed by atoms with Crippen LogP contribution in [0.15, 0.2) is 0 Å². The van der Waals surface area contributed by atoms with Crippen LogP contribution in [0.25, 0.3) is 0 Å². The molecule has 0 heterocycles. The molecule has 9 N–H and O–H groups in total. The van der Waals surface area contributed by atoms with Gasteiger partial charge >= 0.3 is 11.9 Å². The molecule has 0 aliphatic carbocycles. The zero-order chi connectivity index (χ0) is 22.7. The molecule has 14 heteroatoms. The predicted octanol–water partition coefficient (Wildman–Crippen LogP) is -3.46. The molecule has 0 aromatic rings. The molecule has 0 aliphatic rings. The van der Waals surface area contributed by atoms with E-state index in [1.54, 1.807) is 0 Å². The molecule has 4 amide bonds. The SMILES string of the molecule is CC(NC(=O)C(N)CC(=O)O)C(=O)NC(CS)C(=O)NC(CCC(N)=O)C(=O)O. The number of hydrogen-bond acceptors (Lipinski definition) is 8. The topological polar surface area (TPSA) is 231 Å². The van der Waals surface area contributed by atoms with Crippen molar-refractivity contribution in [1.82, 2.24) is 16.0 Å². The van der Waals surface area contributed by atoms with Crippen molar-refractivity contribution in [3.8, 4) is 0 Å². The monoisotopic (exact) mass is 435 g/mol. The summed E-state index contributed by atoms with van der Waals surface area (Å²) in [6, 6.07) is -5.18. The van der Waals surface area contributed by atoms with Crippen LogP contribution >= 0.6 is 12.6 Å². The van der Waals surface area contributed by atoms with Gasteiger partial charge < -0.3 is 37.6 Å². The second-order valence-corrected chi connectivity index (χ2v) is 6.45. The Labute approximate surface area is 171 Å². The van der Waals surface area contributed by atoms with Gasteiger partial charge in [0.1, 0.15) is 18.1 Å². The second-order valence-electron chi connectivity index (χ2n) is 6.08. The van der Waals surface area contributed by atoms with Crippen LogP contribution in [-0.2, 0) is 28.8 Å². The van der Waals surface area contributed by atoms with Crippen LogP contribution in [0.1, 0.15) is 26.2 Å². The number of rotatable bonds is 13. The van der Waals surface area contributed by atoms with E-state index in [1.807, 2.05) is 0 Å². The fourth-order valence-electron chi connectivity index (χ4n) is 1.97. The van der Waals surface area contributed by atoms with Gasteiger partial charge in [-0.1, -0.05) is 0 Å². The van der Waals surface area contributed by atoms with Gasteiger partial charge in [-0.15, -0.1) is 0 Å². The Balaban J connectivity index is 4.84. The van der Waals surface area contributed by atoms with Gasteiger partial charge in [0.2, 0.25) is 23.6 Å². The third-order valence-electron chi connectivity index (χ3n) is 3.59. The van der Waals surface area contributed by atoms with Gasteiger partial charge in [-0.2, -0.15) is 12.6 Å². The maximum Gasteiger partial charge on any atom is 0.326 e. The summed E-state index contributed by atoms with van der Waals surface area (Å²) in [4.78, 5) is 68.6. The molecule has 0 radical (unpaired) electrons. The molecule has 164 valence electrons. The van der Waals surface area contributed by atoms with Gasteiger partial charge in [-0.25, -0.2) is 4.79 Å². The van der Waals surface area contributed by atoms with Gasteiger partial charge in [0.25, 0.3) is 0 Å². The minimum absolute atomic E-state index is 0.196. The summed E-state index contributed by atoms with van der Waals surface area (Å²) in [5, 5.41) is 24.4. The van der Waals surface area contributed by atoms with Gasteiger partial charge in [0.15, 0.2) is 0 Å². The first kappa shape index (κ1) is 26.1. The molecule has 4 atom stereocenters. The molecule has 0 rings (SSSR count). The number of primary amides is 1. The number of carbonyl (C=O) groups is 6. The highest BCUT2D eigenvalue weighted by Gasteiger charge is 2.28. The lowest BCUT2D eigenvalue weighted by Crippen LogP contribution is -2.57. The van der Waals surface area contributed by atoms with Crippen molar-refractivity contribution < 1.29 is 39.0 Å². The lowest BCUT2D eigenvalue weighted by molar-refractivity contribution is -0.142. The third-order valence-corrected chi connectivity index (χ3v) is 3.96. The number of nitrogens with one attached hydrogen (secondary N) is 3. The number of nitrogens with two attached hydrogens (primary N) is 2. The largest absolute Gasteiger partial charge is 0.481 e. The van der Waals surface area contributed by atoms with Gasteiger partial charge in [-0.05, 0) is 13.3 Å². The van der Waals surface area contributed by atoms with Crippen molar-refractivity contribution in [3.63, 3.8) is 0 Å². The summed E-state index contributed by atoms with van der Waals surface area (Å²) in [6.45, 7) is 1.28. The Bertz CT molecular complexity index is 659. The number of hydrogen-bond donors (Lipinski definition) is 8. The summed E-state index contributed by atoms with van der Waals surface area (Å²) >= 11 is 3.93. The van der Waals surface area contributed by atoms with Gasteiger partial charge in [0, 0.05) is 12.2 Å². The lowest BCUT2D eigenvalue weighted by atomic mass is 10.1. The first-order valence-corrected chi connectivity index (χ1v) is 9.02. The van der Waals surface area contributed by atoms with E-state index in [0.29, 0.717) is 0 Å². The Kier molecular flexibility index (Phi) is 11.3. The first-order valence-electron chi connectivity index (χ1n) is 8.39. The highest BCUT2D eigenvalue weighted by Crippen LogP contribution is 2.00. The van der Waals surface area contributed by atoms with E-state index in [4.69, 9.17) is 21.7 Å². The zero-order valence-electron chi connectivity index (χ0n) is 15.6. The number of amides is 4. The molecule has 0 saturated carbocycles. The van der Waals surface area contributed by atoms with E-state index in [-0.39, 0.29) is 18.6 Å². The number of aliphatic carboxylic acids is 2. The smallest absolute Gasteiger partial charge is 0.326 e. The number of carbonyl (C=O) groups excluding carboxylic acids is 4. The van der Waals surface area contributed by atoms with Crippen LogP contribution < -0.4 is 27.4 Å². The molecule has 4 unspecified atom stereocenters. The van der Waals surface area contributed by atoms with Crippen LogP contribution in [-0.4, -0.2) is 75.7 Å². The van der Waals surface area contributed by atoms with E-state index in [1.165, 1.54) is 6.92 Å². The Morgan fingerprint density at radius 1 is 0.931 bits per heavy atom. The molecule has 0 saturated heterocycles. The number of carboxylic acids is 2. The highest BCUT2D eigenvalue weighted by molar-refractivity contribution is 7.80. The van der Waals surface area contributed by atoms with Crippen molar-refractivity contribution in [3.05, 3.63) is 0 Å². The molecule has 0 aliphatic heterocycles. The van der Waals surface area contributed by atoms with Gasteiger partial charge in [-0.3, -0.25) is 24.0 Å². The fourth-order valence-corrected chi connectivity index (χ4v) is 2.23. The van der Waals surface area contributed by atoms with Crippen molar-refractivity contribution >= 4 is 48.2 Å². The van der Waals surface area contributed by atoms with E-state index in [0.717, 1.165) is 0 Å². The molecule has 29 heavy (non-hydrogen) atoms. The predicted molar refractivity (Wildman–Crippen MR) is 102 cm³/mol. The molecular formula is C15H25N5O8S. The zero-order valence-corrected chi connectivity index (χ0v) is 16.5. The molecule has 0 aromatic heterocycles. The minimum Gasteiger partial charge on any atom is -0.481 e. The second kappa shape index (κ2) is 12.6. The molecule has 0 fully saturated rings. The minimum atomic E-state index is -1.40. The highest BCUT2D eigenvalue weighted by atomic mass is 32.1. The van der Waals surface area contributed by atoms with Crippen molar-refractivity contribution in [2.24, 2.45) is 11.5 Å². The first-order chi connectivity index (χ1) is 13.4. The Morgan fingerprint density at radius 3 is 1.93 bits per heavy atom. The van der Waals surface area contributed by atoms with Crippen LogP contribution in [0.5, 0.6) is 0 Å². The normalized spacial score (nSPS) is 14.6. The average Bonchev–Trinajstić information content (AvgIpc) is 2.61. The summed E-state index contributed by atoms with van der Waals surface area (Å²) in [5.74, 6) is -6.17.